The molecule has 0 saturated carbocycles. The van der Waals surface area contributed by atoms with Gasteiger partial charge in [0.15, 0.2) is 12.4 Å². The van der Waals surface area contributed by atoms with Crippen LogP contribution in [0.2, 0.25) is 0 Å². The second kappa shape index (κ2) is 7.80. The second-order valence-electron chi connectivity index (χ2n) is 6.87. The lowest BCUT2D eigenvalue weighted by Crippen LogP contribution is -2.20. The SMILES string of the molecule is Cc1ccc(NC(=O)COc2ccc(-c3nnc4n3CCCC4)cc2)cc1F. The number of halogens is 1. The number of nitrogens with zero attached hydrogens (tertiary/aromatic N) is 3. The maximum absolute atomic E-state index is 13.5. The fourth-order valence-electron chi connectivity index (χ4n) is 3.24. The number of hydrogen-bond acceptors (Lipinski definition) is 4. The average molecular weight is 380 g/mol. The van der Waals surface area contributed by atoms with Gasteiger partial charge in [0.25, 0.3) is 5.91 Å². The van der Waals surface area contributed by atoms with Gasteiger partial charge in [-0.15, -0.1) is 10.2 Å². The van der Waals surface area contributed by atoms with Crippen LogP contribution in [0.15, 0.2) is 42.5 Å². The Hall–Kier alpha value is -3.22. The van der Waals surface area contributed by atoms with Crippen LogP contribution in [-0.4, -0.2) is 27.3 Å². The molecule has 0 atom stereocenters. The number of hydrogen-bond donors (Lipinski definition) is 1. The van der Waals surface area contributed by atoms with Gasteiger partial charge in [0.1, 0.15) is 17.4 Å². The van der Waals surface area contributed by atoms with E-state index < -0.39 is 0 Å². The highest BCUT2D eigenvalue weighted by Gasteiger charge is 2.16. The standard InChI is InChI=1S/C21H21FN4O2/c1-14-5-8-16(12-18(14)22)23-20(27)13-28-17-9-6-15(7-10-17)21-25-24-19-4-2-3-11-26(19)21/h5-10,12H,2-4,11,13H2,1H3,(H,23,27). The number of nitrogens with one attached hydrogen (secondary N) is 1. The zero-order valence-corrected chi connectivity index (χ0v) is 15.6. The van der Waals surface area contributed by atoms with Gasteiger partial charge in [-0.2, -0.15) is 0 Å². The van der Waals surface area contributed by atoms with E-state index in [9.17, 15) is 9.18 Å². The summed E-state index contributed by atoms with van der Waals surface area (Å²) in [6, 6.07) is 12.0. The summed E-state index contributed by atoms with van der Waals surface area (Å²) in [6.07, 6.45) is 3.26. The molecule has 1 aliphatic heterocycles. The van der Waals surface area contributed by atoms with E-state index in [1.165, 1.54) is 6.07 Å². The maximum atomic E-state index is 13.5. The number of amides is 1. The molecule has 7 heteroatoms. The van der Waals surface area contributed by atoms with Crippen molar-refractivity contribution < 1.29 is 13.9 Å². The maximum Gasteiger partial charge on any atom is 0.262 e. The van der Waals surface area contributed by atoms with E-state index in [4.69, 9.17) is 4.74 Å². The van der Waals surface area contributed by atoms with Crippen molar-refractivity contribution in [3.63, 3.8) is 0 Å². The van der Waals surface area contributed by atoms with Crippen molar-refractivity contribution >= 4 is 11.6 Å². The van der Waals surface area contributed by atoms with E-state index in [-0.39, 0.29) is 18.3 Å². The zero-order valence-electron chi connectivity index (χ0n) is 15.6. The molecule has 1 amide bonds. The predicted octanol–water partition coefficient (Wildman–Crippen LogP) is 3.75. The zero-order chi connectivity index (χ0) is 19.5. The molecule has 0 bridgehead atoms. The molecule has 6 nitrogen and oxygen atoms in total. The third-order valence-electron chi connectivity index (χ3n) is 4.80. The van der Waals surface area contributed by atoms with E-state index in [0.29, 0.717) is 17.0 Å². The fraction of sp³-hybridized carbons (Fsp3) is 0.286. The number of carbonyl (C=O) groups is 1. The van der Waals surface area contributed by atoms with Crippen LogP contribution in [0.5, 0.6) is 5.75 Å². The van der Waals surface area contributed by atoms with Gasteiger partial charge in [-0.25, -0.2) is 4.39 Å². The summed E-state index contributed by atoms with van der Waals surface area (Å²) in [7, 11) is 0. The van der Waals surface area contributed by atoms with Crippen LogP contribution in [0.3, 0.4) is 0 Å². The summed E-state index contributed by atoms with van der Waals surface area (Å²) >= 11 is 0. The minimum absolute atomic E-state index is 0.158. The lowest BCUT2D eigenvalue weighted by molar-refractivity contribution is -0.118. The molecule has 144 valence electrons. The van der Waals surface area contributed by atoms with E-state index >= 15 is 0 Å². The highest BCUT2D eigenvalue weighted by molar-refractivity contribution is 5.91. The summed E-state index contributed by atoms with van der Waals surface area (Å²) in [5.74, 6) is 1.77. The van der Waals surface area contributed by atoms with E-state index in [1.807, 2.05) is 12.1 Å². The van der Waals surface area contributed by atoms with Crippen LogP contribution in [0, 0.1) is 12.7 Å². The van der Waals surface area contributed by atoms with Crippen LogP contribution in [-0.2, 0) is 17.8 Å². The summed E-state index contributed by atoms with van der Waals surface area (Å²) < 4.78 is 21.2. The Balaban J connectivity index is 1.36. The summed E-state index contributed by atoms with van der Waals surface area (Å²) in [5.41, 5.74) is 1.90. The average Bonchev–Trinajstić information content (AvgIpc) is 3.14. The number of fused-ring (bicyclic) bond motifs is 1. The Morgan fingerprint density at radius 3 is 2.79 bits per heavy atom. The Morgan fingerprint density at radius 1 is 1.18 bits per heavy atom. The summed E-state index contributed by atoms with van der Waals surface area (Å²) in [5, 5.41) is 11.2. The smallest absolute Gasteiger partial charge is 0.262 e. The second-order valence-corrected chi connectivity index (χ2v) is 6.87. The van der Waals surface area contributed by atoms with Gasteiger partial charge in [0.2, 0.25) is 0 Å². The van der Waals surface area contributed by atoms with Crippen LogP contribution >= 0.6 is 0 Å². The first-order valence-electron chi connectivity index (χ1n) is 9.31. The van der Waals surface area contributed by atoms with Gasteiger partial charge in [0.05, 0.1) is 0 Å². The van der Waals surface area contributed by atoms with Gasteiger partial charge in [-0.1, -0.05) is 6.07 Å². The molecule has 3 aromatic rings. The van der Waals surface area contributed by atoms with Crippen molar-refractivity contribution in [2.45, 2.75) is 32.7 Å². The molecule has 4 rings (SSSR count). The molecule has 0 aliphatic carbocycles. The number of benzene rings is 2. The highest BCUT2D eigenvalue weighted by Crippen LogP contribution is 2.24. The molecule has 1 N–H and O–H groups in total. The first-order valence-corrected chi connectivity index (χ1v) is 9.31. The molecule has 0 radical (unpaired) electrons. The van der Waals surface area contributed by atoms with Gasteiger partial charge < -0.3 is 14.6 Å². The largest absolute Gasteiger partial charge is 0.484 e. The summed E-state index contributed by atoms with van der Waals surface area (Å²) in [4.78, 5) is 12.0. The monoisotopic (exact) mass is 380 g/mol. The fourth-order valence-corrected chi connectivity index (χ4v) is 3.24. The molecule has 2 heterocycles. The molecular formula is C21H21FN4O2. The van der Waals surface area contributed by atoms with Crippen LogP contribution in [0.1, 0.15) is 24.2 Å². The highest BCUT2D eigenvalue weighted by atomic mass is 19.1. The number of aryl methyl sites for hydroxylation is 2. The van der Waals surface area contributed by atoms with Gasteiger partial charge >= 0.3 is 0 Å². The number of anilines is 1. The van der Waals surface area contributed by atoms with E-state index in [0.717, 1.165) is 43.0 Å². The minimum Gasteiger partial charge on any atom is -0.484 e. The Kier molecular flexibility index (Phi) is 5.06. The van der Waals surface area contributed by atoms with Crippen LogP contribution in [0.25, 0.3) is 11.4 Å². The molecule has 1 aliphatic rings. The normalized spacial score (nSPS) is 13.1. The molecule has 0 unspecified atom stereocenters. The predicted molar refractivity (Wildman–Crippen MR) is 104 cm³/mol. The Bertz CT molecular complexity index is 998. The van der Waals surface area contributed by atoms with Gasteiger partial charge in [-0.05, 0) is 61.7 Å². The molecule has 2 aromatic carbocycles. The third kappa shape index (κ3) is 3.88. The Morgan fingerprint density at radius 2 is 2.00 bits per heavy atom. The van der Waals surface area contributed by atoms with Crippen molar-refractivity contribution in [1.29, 1.82) is 0 Å². The number of aromatic nitrogens is 3. The number of carbonyl (C=O) groups excluding carboxylic acids is 1. The van der Waals surface area contributed by atoms with Crippen LogP contribution in [0.4, 0.5) is 10.1 Å². The third-order valence-corrected chi connectivity index (χ3v) is 4.80. The Labute approximate surface area is 162 Å². The van der Waals surface area contributed by atoms with Crippen molar-refractivity contribution in [2.75, 3.05) is 11.9 Å². The van der Waals surface area contributed by atoms with Gasteiger partial charge in [0, 0.05) is 24.2 Å². The van der Waals surface area contributed by atoms with Crippen molar-refractivity contribution in [2.24, 2.45) is 0 Å². The molecule has 28 heavy (non-hydrogen) atoms. The van der Waals surface area contributed by atoms with Crippen molar-refractivity contribution in [1.82, 2.24) is 14.8 Å². The van der Waals surface area contributed by atoms with E-state index in [1.54, 1.807) is 31.2 Å². The molecular weight excluding hydrogens is 359 g/mol. The van der Waals surface area contributed by atoms with E-state index in [2.05, 4.69) is 20.1 Å². The summed E-state index contributed by atoms with van der Waals surface area (Å²) in [6.45, 7) is 2.45. The first kappa shape index (κ1) is 18.2. The number of rotatable bonds is 5. The lowest BCUT2D eigenvalue weighted by Gasteiger charge is -2.14. The van der Waals surface area contributed by atoms with Crippen molar-refractivity contribution in [3.05, 3.63) is 59.7 Å². The van der Waals surface area contributed by atoms with Gasteiger partial charge in [-0.3, -0.25) is 4.79 Å². The van der Waals surface area contributed by atoms with Crippen LogP contribution < -0.4 is 10.1 Å². The molecule has 0 saturated heterocycles. The van der Waals surface area contributed by atoms with Crippen molar-refractivity contribution in [3.8, 4) is 17.1 Å². The quantitative estimate of drug-likeness (QED) is 0.732. The first-order chi connectivity index (χ1) is 13.6. The minimum atomic E-state index is -0.357. The number of ether oxygens (including phenoxy) is 1. The topological polar surface area (TPSA) is 69.0 Å². The molecule has 0 spiro atoms. The lowest BCUT2D eigenvalue weighted by atomic mass is 10.1. The molecule has 1 aromatic heterocycles. The molecule has 0 fully saturated rings.